The van der Waals surface area contributed by atoms with E-state index < -0.39 is 11.6 Å². The molecule has 6 heteroatoms. The predicted molar refractivity (Wildman–Crippen MR) is 104 cm³/mol. The molecule has 1 aromatic rings. The molecule has 2 atom stereocenters. The van der Waals surface area contributed by atoms with Crippen molar-refractivity contribution in [3.05, 3.63) is 29.8 Å². The van der Waals surface area contributed by atoms with Crippen LogP contribution in [0.4, 0.5) is 10.5 Å². The molecule has 2 fully saturated rings. The lowest BCUT2D eigenvalue weighted by Crippen LogP contribution is -2.54. The highest BCUT2D eigenvalue weighted by Crippen LogP contribution is 2.46. The van der Waals surface area contributed by atoms with Crippen molar-refractivity contribution in [2.45, 2.75) is 58.9 Å². The first-order valence-electron chi connectivity index (χ1n) is 9.68. The number of anilines is 1. The van der Waals surface area contributed by atoms with Crippen molar-refractivity contribution < 1.29 is 14.4 Å². The lowest BCUT2D eigenvalue weighted by atomic mass is 9.64. The molecule has 4 amide bonds. The van der Waals surface area contributed by atoms with E-state index in [1.165, 1.54) is 0 Å². The molecule has 1 saturated carbocycles. The van der Waals surface area contributed by atoms with Gasteiger partial charge >= 0.3 is 6.03 Å². The molecule has 27 heavy (non-hydrogen) atoms. The van der Waals surface area contributed by atoms with E-state index in [9.17, 15) is 14.4 Å². The zero-order valence-corrected chi connectivity index (χ0v) is 16.6. The first-order chi connectivity index (χ1) is 12.7. The summed E-state index contributed by atoms with van der Waals surface area (Å²) < 4.78 is 0. The fraction of sp³-hybridized carbons (Fsp3) is 0.571. The third kappa shape index (κ3) is 3.84. The molecule has 2 aliphatic rings. The molecular weight excluding hydrogens is 342 g/mol. The summed E-state index contributed by atoms with van der Waals surface area (Å²) in [6.07, 6.45) is 3.03. The van der Waals surface area contributed by atoms with Crippen LogP contribution in [0.15, 0.2) is 24.3 Å². The molecule has 3 rings (SSSR count). The smallest absolute Gasteiger partial charge is 0.324 e. The van der Waals surface area contributed by atoms with Crippen LogP contribution in [0.25, 0.3) is 0 Å². The van der Waals surface area contributed by atoms with Crippen LogP contribution in [0.1, 0.15) is 52.5 Å². The fourth-order valence-electron chi connectivity index (χ4n) is 4.93. The van der Waals surface area contributed by atoms with Crippen LogP contribution in [0.5, 0.6) is 0 Å². The van der Waals surface area contributed by atoms with Gasteiger partial charge in [0.15, 0.2) is 0 Å². The maximum atomic E-state index is 13.1. The van der Waals surface area contributed by atoms with Crippen molar-refractivity contribution in [3.63, 3.8) is 0 Å². The molecule has 1 heterocycles. The van der Waals surface area contributed by atoms with E-state index in [-0.39, 0.29) is 23.8 Å². The molecule has 1 saturated heterocycles. The monoisotopic (exact) mass is 371 g/mol. The maximum absolute atomic E-state index is 13.1. The Morgan fingerprint density at radius 1 is 1.26 bits per heavy atom. The number of hydrogen-bond acceptors (Lipinski definition) is 3. The molecule has 146 valence electrons. The Morgan fingerprint density at radius 3 is 2.63 bits per heavy atom. The van der Waals surface area contributed by atoms with Crippen molar-refractivity contribution in [1.29, 1.82) is 0 Å². The maximum Gasteiger partial charge on any atom is 0.325 e. The summed E-state index contributed by atoms with van der Waals surface area (Å²) in [5.74, 6) is -0.297. The minimum atomic E-state index is -0.875. The van der Waals surface area contributed by atoms with Gasteiger partial charge in [0.1, 0.15) is 12.1 Å². The summed E-state index contributed by atoms with van der Waals surface area (Å²) in [4.78, 5) is 39.2. The highest BCUT2D eigenvalue weighted by molar-refractivity contribution is 6.10. The number of nitrogens with one attached hydrogen (secondary N) is 2. The Bertz CT molecular complexity index is 774. The Morgan fingerprint density at radius 2 is 1.96 bits per heavy atom. The van der Waals surface area contributed by atoms with E-state index in [1.54, 1.807) is 0 Å². The summed E-state index contributed by atoms with van der Waals surface area (Å²) in [6, 6.07) is 7.08. The first kappa shape index (κ1) is 19.4. The fourth-order valence-corrected chi connectivity index (χ4v) is 4.93. The highest BCUT2D eigenvalue weighted by atomic mass is 16.2. The van der Waals surface area contributed by atoms with Crippen LogP contribution < -0.4 is 10.6 Å². The predicted octanol–water partition coefficient (Wildman–Crippen LogP) is 3.32. The minimum Gasteiger partial charge on any atom is -0.324 e. The number of benzene rings is 1. The molecular formula is C21H29N3O3. The zero-order valence-electron chi connectivity index (χ0n) is 16.6. The number of amides is 4. The van der Waals surface area contributed by atoms with Crippen LogP contribution in [0.2, 0.25) is 0 Å². The molecule has 0 bridgehead atoms. The molecule has 2 N–H and O–H groups in total. The van der Waals surface area contributed by atoms with Gasteiger partial charge in [-0.25, -0.2) is 4.79 Å². The number of carbonyl (C=O) groups is 3. The second-order valence-corrected chi connectivity index (χ2v) is 8.82. The SMILES string of the molecule is CCc1ccccc1NC(=O)CN1C(=O)N[C@@]2(C[C@H](C)CC(C)(C)C2)C1=O. The summed E-state index contributed by atoms with van der Waals surface area (Å²) in [7, 11) is 0. The topological polar surface area (TPSA) is 78.5 Å². The molecule has 1 spiro atoms. The second kappa shape index (κ2) is 6.98. The van der Waals surface area contributed by atoms with Gasteiger partial charge in [0.2, 0.25) is 5.91 Å². The van der Waals surface area contributed by atoms with E-state index in [1.807, 2.05) is 31.2 Å². The van der Waals surface area contributed by atoms with Gasteiger partial charge in [-0.05, 0) is 48.6 Å². The Hall–Kier alpha value is -2.37. The normalized spacial score (nSPS) is 27.0. The number of nitrogens with zero attached hydrogens (tertiary/aromatic N) is 1. The third-order valence-electron chi connectivity index (χ3n) is 5.60. The number of aryl methyl sites for hydroxylation is 1. The minimum absolute atomic E-state index is 0.0288. The van der Waals surface area contributed by atoms with E-state index in [0.717, 1.165) is 29.0 Å². The number of carbonyl (C=O) groups excluding carboxylic acids is 3. The quantitative estimate of drug-likeness (QED) is 0.797. The Balaban J connectivity index is 1.73. The molecule has 1 aliphatic heterocycles. The van der Waals surface area contributed by atoms with Gasteiger partial charge < -0.3 is 10.6 Å². The molecule has 1 aliphatic carbocycles. The summed E-state index contributed by atoms with van der Waals surface area (Å²) in [5.41, 5.74) is 0.834. The van der Waals surface area contributed by atoms with E-state index in [0.29, 0.717) is 18.8 Å². The summed E-state index contributed by atoms with van der Waals surface area (Å²) in [5, 5.41) is 5.74. The van der Waals surface area contributed by atoms with Gasteiger partial charge in [-0.3, -0.25) is 14.5 Å². The van der Waals surface area contributed by atoms with Crippen molar-refractivity contribution >= 4 is 23.5 Å². The molecule has 0 aromatic heterocycles. The second-order valence-electron chi connectivity index (χ2n) is 8.82. The lowest BCUT2D eigenvalue weighted by molar-refractivity contribution is -0.136. The molecule has 0 unspecified atom stereocenters. The van der Waals surface area contributed by atoms with Gasteiger partial charge in [-0.1, -0.05) is 45.9 Å². The average molecular weight is 371 g/mol. The van der Waals surface area contributed by atoms with Gasteiger partial charge in [-0.15, -0.1) is 0 Å². The van der Waals surface area contributed by atoms with Gasteiger partial charge in [-0.2, -0.15) is 0 Å². The van der Waals surface area contributed by atoms with E-state index in [4.69, 9.17) is 0 Å². The third-order valence-corrected chi connectivity index (χ3v) is 5.60. The first-order valence-corrected chi connectivity index (χ1v) is 9.68. The van der Waals surface area contributed by atoms with Crippen LogP contribution in [-0.4, -0.2) is 34.8 Å². The van der Waals surface area contributed by atoms with Crippen LogP contribution in [-0.2, 0) is 16.0 Å². The largest absolute Gasteiger partial charge is 0.325 e. The Kier molecular flexibility index (Phi) is 5.02. The van der Waals surface area contributed by atoms with Crippen molar-refractivity contribution in [1.82, 2.24) is 10.2 Å². The lowest BCUT2D eigenvalue weighted by Gasteiger charge is -2.43. The standard InChI is InChI=1S/C21H29N3O3/c1-5-15-8-6-7-9-16(15)22-17(25)12-24-18(26)21(23-19(24)27)11-14(2)10-20(3,4)13-21/h6-9,14H,5,10-13H2,1-4H3,(H,22,25)(H,23,27)/t14-,21-/m1/s1. The number of para-hydroxylation sites is 1. The van der Waals surface area contributed by atoms with Gasteiger partial charge in [0.05, 0.1) is 0 Å². The van der Waals surface area contributed by atoms with Crippen molar-refractivity contribution in [3.8, 4) is 0 Å². The van der Waals surface area contributed by atoms with Crippen molar-refractivity contribution in [2.75, 3.05) is 11.9 Å². The van der Waals surface area contributed by atoms with E-state index in [2.05, 4.69) is 31.4 Å². The zero-order chi connectivity index (χ0) is 19.8. The van der Waals surface area contributed by atoms with Gasteiger partial charge in [0.25, 0.3) is 5.91 Å². The summed E-state index contributed by atoms with van der Waals surface area (Å²) in [6.45, 7) is 8.11. The highest BCUT2D eigenvalue weighted by Gasteiger charge is 2.56. The average Bonchev–Trinajstić information content (AvgIpc) is 2.77. The number of rotatable bonds is 4. The molecule has 0 radical (unpaired) electrons. The Labute approximate surface area is 160 Å². The van der Waals surface area contributed by atoms with Crippen LogP contribution in [0.3, 0.4) is 0 Å². The van der Waals surface area contributed by atoms with Crippen LogP contribution >= 0.6 is 0 Å². The van der Waals surface area contributed by atoms with Crippen molar-refractivity contribution in [2.24, 2.45) is 11.3 Å². The van der Waals surface area contributed by atoms with Crippen LogP contribution in [0, 0.1) is 11.3 Å². The number of hydrogen-bond donors (Lipinski definition) is 2. The van der Waals surface area contributed by atoms with Gasteiger partial charge in [0, 0.05) is 5.69 Å². The van der Waals surface area contributed by atoms with E-state index >= 15 is 0 Å². The number of urea groups is 1. The number of imide groups is 1. The molecule has 1 aromatic carbocycles. The molecule has 6 nitrogen and oxygen atoms in total. The summed E-state index contributed by atoms with van der Waals surface area (Å²) >= 11 is 0.